The quantitative estimate of drug-likeness (QED) is 0.293. The molecule has 5 aromatic rings. The number of nitrogens with zero attached hydrogens (tertiary/aromatic N) is 3. The van der Waals surface area contributed by atoms with E-state index in [4.69, 9.17) is 9.97 Å². The number of hydrogen-bond donors (Lipinski definition) is 0. The number of aromatic nitrogens is 3. The molecular weight excluding hydrogens is 390 g/mol. The second-order valence-corrected chi connectivity index (χ2v) is 9.16. The molecule has 0 spiro atoms. The van der Waals surface area contributed by atoms with Crippen molar-refractivity contribution in [2.24, 2.45) is 7.05 Å². The monoisotopic (exact) mass is 415 g/mol. The molecule has 0 saturated carbocycles. The fraction of sp³-hybridized carbons (Fsp3) is 0.172. The molecule has 0 amide bonds. The van der Waals surface area contributed by atoms with Crippen molar-refractivity contribution < 1.29 is 0 Å². The molecule has 156 valence electrons. The normalized spacial score (nSPS) is 11.5. The van der Waals surface area contributed by atoms with E-state index in [-0.39, 0.29) is 5.41 Å². The van der Waals surface area contributed by atoms with Crippen LogP contribution in [0, 0.1) is 11.8 Å². The van der Waals surface area contributed by atoms with Crippen molar-refractivity contribution >= 4 is 21.9 Å². The molecule has 3 heteroatoms. The van der Waals surface area contributed by atoms with E-state index >= 15 is 0 Å². The van der Waals surface area contributed by atoms with Gasteiger partial charge in [0.25, 0.3) is 0 Å². The van der Waals surface area contributed by atoms with E-state index in [1.165, 1.54) is 5.56 Å². The van der Waals surface area contributed by atoms with Crippen LogP contribution in [0.3, 0.4) is 0 Å². The molecule has 32 heavy (non-hydrogen) atoms. The van der Waals surface area contributed by atoms with Crippen molar-refractivity contribution in [1.82, 2.24) is 14.5 Å². The molecular formula is C29H25N3. The maximum Gasteiger partial charge on any atom is 0.140 e. The Bertz CT molecular complexity index is 1500. The number of fused-ring (bicyclic) bond motifs is 2. The van der Waals surface area contributed by atoms with Crippen LogP contribution in [-0.2, 0) is 12.5 Å². The second kappa shape index (κ2) is 7.66. The zero-order chi connectivity index (χ0) is 22.3. The van der Waals surface area contributed by atoms with Crippen LogP contribution in [0.25, 0.3) is 33.2 Å². The molecule has 0 aliphatic carbocycles. The number of aryl methyl sites for hydroxylation is 1. The molecule has 0 saturated heterocycles. The first-order valence-electron chi connectivity index (χ1n) is 10.8. The van der Waals surface area contributed by atoms with Crippen LogP contribution in [0.5, 0.6) is 0 Å². The molecule has 2 heterocycles. The Hall–Kier alpha value is -3.90. The third-order valence-corrected chi connectivity index (χ3v) is 5.80. The average molecular weight is 416 g/mol. The highest BCUT2D eigenvalue weighted by Crippen LogP contribution is 2.31. The van der Waals surface area contributed by atoms with Gasteiger partial charge in [-0.25, -0.2) is 9.97 Å². The SMILES string of the molecule is Cn1cc(-c2nc3ccccc3nc2C#Cc2ccc(C(C)(C)C)cc2)c2ccccc21. The first-order valence-corrected chi connectivity index (χ1v) is 10.8. The molecule has 0 fully saturated rings. The molecule has 0 unspecified atom stereocenters. The van der Waals surface area contributed by atoms with Crippen LogP contribution < -0.4 is 0 Å². The van der Waals surface area contributed by atoms with Gasteiger partial charge in [0.1, 0.15) is 11.4 Å². The van der Waals surface area contributed by atoms with E-state index in [0.29, 0.717) is 5.69 Å². The van der Waals surface area contributed by atoms with Crippen molar-refractivity contribution in [2.75, 3.05) is 0 Å². The van der Waals surface area contributed by atoms with Crippen molar-refractivity contribution in [3.8, 4) is 23.1 Å². The second-order valence-electron chi connectivity index (χ2n) is 9.16. The van der Waals surface area contributed by atoms with Gasteiger partial charge in [0.05, 0.1) is 11.0 Å². The van der Waals surface area contributed by atoms with Crippen LogP contribution in [0.4, 0.5) is 0 Å². The van der Waals surface area contributed by atoms with Gasteiger partial charge in [0.15, 0.2) is 0 Å². The summed E-state index contributed by atoms with van der Waals surface area (Å²) in [7, 11) is 2.06. The van der Waals surface area contributed by atoms with Crippen LogP contribution in [0.1, 0.15) is 37.6 Å². The summed E-state index contributed by atoms with van der Waals surface area (Å²) in [6, 6.07) is 24.8. The molecule has 3 aromatic carbocycles. The fourth-order valence-corrected chi connectivity index (χ4v) is 3.99. The lowest BCUT2D eigenvalue weighted by Crippen LogP contribution is -2.10. The zero-order valence-electron chi connectivity index (χ0n) is 18.8. The summed E-state index contributed by atoms with van der Waals surface area (Å²) in [5.74, 6) is 6.63. The summed E-state index contributed by atoms with van der Waals surface area (Å²) in [6.45, 7) is 6.65. The molecule has 0 aliphatic heterocycles. The molecule has 0 atom stereocenters. The first-order chi connectivity index (χ1) is 15.4. The van der Waals surface area contributed by atoms with Crippen LogP contribution in [0.2, 0.25) is 0 Å². The Labute approximate surface area is 188 Å². The van der Waals surface area contributed by atoms with Gasteiger partial charge >= 0.3 is 0 Å². The first kappa shape index (κ1) is 20.0. The van der Waals surface area contributed by atoms with Gasteiger partial charge < -0.3 is 4.57 Å². The van der Waals surface area contributed by atoms with Crippen LogP contribution in [0.15, 0.2) is 79.0 Å². The summed E-state index contributed by atoms with van der Waals surface area (Å²) >= 11 is 0. The van der Waals surface area contributed by atoms with E-state index in [9.17, 15) is 0 Å². The van der Waals surface area contributed by atoms with E-state index in [2.05, 4.69) is 99.0 Å². The standard InChI is InChI=1S/C29H25N3/c1-29(2,3)21-16-13-20(14-17-21)15-18-26-28(31-25-11-7-6-10-24(25)30-26)23-19-32(4)27-12-8-5-9-22(23)27/h5-14,16-17,19H,1-4H3. The average Bonchev–Trinajstić information content (AvgIpc) is 3.13. The summed E-state index contributed by atoms with van der Waals surface area (Å²) in [5.41, 5.74) is 7.83. The number of hydrogen-bond acceptors (Lipinski definition) is 2. The molecule has 5 rings (SSSR count). The third-order valence-electron chi connectivity index (χ3n) is 5.80. The number of para-hydroxylation sites is 3. The Morgan fingerprint density at radius 3 is 2.12 bits per heavy atom. The minimum Gasteiger partial charge on any atom is -0.350 e. The lowest BCUT2D eigenvalue weighted by Gasteiger charge is -2.18. The van der Waals surface area contributed by atoms with E-state index in [1.807, 2.05) is 24.3 Å². The third kappa shape index (κ3) is 3.65. The highest BCUT2D eigenvalue weighted by atomic mass is 14.9. The minimum absolute atomic E-state index is 0.122. The topological polar surface area (TPSA) is 30.7 Å². The zero-order valence-corrected chi connectivity index (χ0v) is 18.8. The Balaban J connectivity index is 1.67. The van der Waals surface area contributed by atoms with Gasteiger partial charge in [-0.1, -0.05) is 69.2 Å². The van der Waals surface area contributed by atoms with E-state index < -0.39 is 0 Å². The van der Waals surface area contributed by atoms with Gasteiger partial charge in [0.2, 0.25) is 0 Å². The highest BCUT2D eigenvalue weighted by Gasteiger charge is 2.15. The number of rotatable bonds is 1. The maximum absolute atomic E-state index is 4.99. The van der Waals surface area contributed by atoms with E-state index in [1.54, 1.807) is 0 Å². The largest absolute Gasteiger partial charge is 0.350 e. The lowest BCUT2D eigenvalue weighted by molar-refractivity contribution is 0.590. The molecule has 0 bridgehead atoms. The fourth-order valence-electron chi connectivity index (χ4n) is 3.99. The van der Waals surface area contributed by atoms with Crippen molar-refractivity contribution in [2.45, 2.75) is 26.2 Å². The van der Waals surface area contributed by atoms with Gasteiger partial charge in [-0.3, -0.25) is 0 Å². The molecule has 0 aliphatic rings. The van der Waals surface area contributed by atoms with Crippen molar-refractivity contribution in [3.63, 3.8) is 0 Å². The predicted molar refractivity (Wildman–Crippen MR) is 133 cm³/mol. The van der Waals surface area contributed by atoms with Crippen molar-refractivity contribution in [3.05, 3.63) is 95.8 Å². The van der Waals surface area contributed by atoms with Gasteiger partial charge in [-0.2, -0.15) is 0 Å². The molecule has 0 radical (unpaired) electrons. The van der Waals surface area contributed by atoms with Crippen molar-refractivity contribution in [1.29, 1.82) is 0 Å². The predicted octanol–water partition coefficient (Wildman–Crippen LogP) is 6.49. The van der Waals surface area contributed by atoms with Gasteiger partial charge in [-0.05, 0) is 47.2 Å². The Morgan fingerprint density at radius 2 is 1.41 bits per heavy atom. The van der Waals surface area contributed by atoms with Gasteiger partial charge in [-0.15, -0.1) is 0 Å². The summed E-state index contributed by atoms with van der Waals surface area (Å²) in [6.07, 6.45) is 2.12. The lowest BCUT2D eigenvalue weighted by atomic mass is 9.87. The minimum atomic E-state index is 0.122. The Kier molecular flexibility index (Phi) is 4.79. The van der Waals surface area contributed by atoms with Crippen LogP contribution >= 0.6 is 0 Å². The van der Waals surface area contributed by atoms with E-state index in [0.717, 1.165) is 38.8 Å². The van der Waals surface area contributed by atoms with Gasteiger partial charge in [0, 0.05) is 35.3 Å². The smallest absolute Gasteiger partial charge is 0.140 e. The molecule has 0 N–H and O–H groups in total. The maximum atomic E-state index is 4.99. The highest BCUT2D eigenvalue weighted by molar-refractivity contribution is 5.97. The number of benzene rings is 3. The van der Waals surface area contributed by atoms with Crippen LogP contribution in [-0.4, -0.2) is 14.5 Å². The summed E-state index contributed by atoms with van der Waals surface area (Å²) in [5, 5.41) is 1.15. The summed E-state index contributed by atoms with van der Waals surface area (Å²) in [4.78, 5) is 9.88. The molecule has 3 nitrogen and oxygen atoms in total. The summed E-state index contributed by atoms with van der Waals surface area (Å²) < 4.78 is 2.13. The molecule has 2 aromatic heterocycles. The Morgan fingerprint density at radius 1 is 0.750 bits per heavy atom.